The molecule has 2 heterocycles. The van der Waals surface area contributed by atoms with E-state index in [1.54, 1.807) is 32.3 Å². The number of fused-ring (bicyclic) bond motifs is 1. The van der Waals surface area contributed by atoms with E-state index in [2.05, 4.69) is 32.4 Å². The minimum atomic E-state index is -0.573. The van der Waals surface area contributed by atoms with E-state index < -0.39 is 22.9 Å². The first-order chi connectivity index (χ1) is 12.6. The van der Waals surface area contributed by atoms with Gasteiger partial charge in [0.2, 0.25) is 5.95 Å². The van der Waals surface area contributed by atoms with Crippen LogP contribution in [0.2, 0.25) is 0 Å². The fraction of sp³-hybridized carbons (Fsp3) is 0.529. The molecule has 0 radical (unpaired) electrons. The lowest BCUT2D eigenvalue weighted by Gasteiger charge is -2.19. The zero-order valence-corrected chi connectivity index (χ0v) is 16.1. The third-order valence-electron chi connectivity index (χ3n) is 3.50. The Morgan fingerprint density at radius 1 is 1.30 bits per heavy atom. The average Bonchev–Trinajstić information content (AvgIpc) is 2.90. The van der Waals surface area contributed by atoms with Gasteiger partial charge in [0.25, 0.3) is 5.56 Å². The maximum atomic E-state index is 12.4. The fourth-order valence-corrected chi connectivity index (χ4v) is 2.29. The Bertz CT molecular complexity index is 1010. The number of carbonyl (C=O) groups is 1. The average molecular weight is 376 g/mol. The van der Waals surface area contributed by atoms with Crippen LogP contribution in [0.5, 0.6) is 0 Å². The highest BCUT2D eigenvalue weighted by atomic mass is 16.6. The second-order valence-corrected chi connectivity index (χ2v) is 6.80. The van der Waals surface area contributed by atoms with Gasteiger partial charge in [0.1, 0.15) is 5.60 Å². The summed E-state index contributed by atoms with van der Waals surface area (Å²) in [4.78, 5) is 42.7. The van der Waals surface area contributed by atoms with Crippen molar-refractivity contribution in [2.24, 2.45) is 7.05 Å². The summed E-state index contributed by atoms with van der Waals surface area (Å²) in [6.45, 7) is 7.89. The number of anilines is 1. The molecule has 0 unspecified atom stereocenters. The summed E-state index contributed by atoms with van der Waals surface area (Å²) in [6.07, 6.45) is -0.521. The largest absolute Gasteiger partial charge is 0.444 e. The molecule has 0 saturated carbocycles. The number of amides is 1. The molecule has 2 aromatic rings. The SMILES string of the molecule is CC#CCn1c(NCCNC(=O)OC(C)(C)C)nc2[nH]c(=O)n(C)c(=O)c21. The van der Waals surface area contributed by atoms with E-state index in [9.17, 15) is 14.4 Å². The third kappa shape index (κ3) is 4.91. The zero-order chi connectivity index (χ0) is 20.2. The molecular weight excluding hydrogens is 352 g/mol. The molecule has 2 rings (SSSR count). The maximum absolute atomic E-state index is 12.4. The van der Waals surface area contributed by atoms with Gasteiger partial charge in [-0.3, -0.25) is 18.9 Å². The number of hydrogen-bond donors (Lipinski definition) is 3. The molecule has 27 heavy (non-hydrogen) atoms. The molecule has 0 spiro atoms. The van der Waals surface area contributed by atoms with Crippen molar-refractivity contribution in [2.75, 3.05) is 18.4 Å². The van der Waals surface area contributed by atoms with Crippen molar-refractivity contribution in [2.45, 2.75) is 39.8 Å². The van der Waals surface area contributed by atoms with Gasteiger partial charge in [-0.1, -0.05) is 5.92 Å². The number of carbonyl (C=O) groups excluding carboxylic acids is 1. The van der Waals surface area contributed by atoms with Crippen LogP contribution < -0.4 is 21.9 Å². The predicted octanol–water partition coefficient (Wildman–Crippen LogP) is 0.383. The van der Waals surface area contributed by atoms with Crippen molar-refractivity contribution in [1.29, 1.82) is 0 Å². The molecule has 0 bridgehead atoms. The van der Waals surface area contributed by atoms with E-state index in [0.29, 0.717) is 12.5 Å². The number of aromatic amines is 1. The molecule has 2 aromatic heterocycles. The Labute approximate surface area is 155 Å². The van der Waals surface area contributed by atoms with Crippen molar-refractivity contribution in [3.8, 4) is 11.8 Å². The smallest absolute Gasteiger partial charge is 0.407 e. The molecule has 0 fully saturated rings. The lowest BCUT2D eigenvalue weighted by Crippen LogP contribution is -2.35. The highest BCUT2D eigenvalue weighted by Gasteiger charge is 2.17. The lowest BCUT2D eigenvalue weighted by molar-refractivity contribution is 0.0530. The molecule has 0 aliphatic rings. The van der Waals surface area contributed by atoms with E-state index in [1.807, 2.05) is 0 Å². The summed E-state index contributed by atoms with van der Waals surface area (Å²) >= 11 is 0. The van der Waals surface area contributed by atoms with Crippen molar-refractivity contribution >= 4 is 23.2 Å². The van der Waals surface area contributed by atoms with Crippen LogP contribution in [0.1, 0.15) is 27.7 Å². The summed E-state index contributed by atoms with van der Waals surface area (Å²) < 4.78 is 7.73. The molecule has 10 heteroatoms. The monoisotopic (exact) mass is 376 g/mol. The predicted molar refractivity (Wildman–Crippen MR) is 102 cm³/mol. The van der Waals surface area contributed by atoms with Crippen LogP contribution >= 0.6 is 0 Å². The van der Waals surface area contributed by atoms with Gasteiger partial charge in [-0.05, 0) is 27.7 Å². The summed E-state index contributed by atoms with van der Waals surface area (Å²) in [7, 11) is 1.39. The number of rotatable bonds is 5. The third-order valence-corrected chi connectivity index (χ3v) is 3.50. The number of nitrogens with zero attached hydrogens (tertiary/aromatic N) is 3. The van der Waals surface area contributed by atoms with Crippen LogP contribution in [0, 0.1) is 11.8 Å². The molecule has 1 amide bonds. The highest BCUT2D eigenvalue weighted by molar-refractivity contribution is 5.73. The first-order valence-electron chi connectivity index (χ1n) is 8.44. The summed E-state index contributed by atoms with van der Waals surface area (Å²) in [5, 5.41) is 5.66. The van der Waals surface area contributed by atoms with Crippen molar-refractivity contribution < 1.29 is 9.53 Å². The molecule has 0 aliphatic heterocycles. The number of H-pyrrole nitrogens is 1. The van der Waals surface area contributed by atoms with E-state index in [-0.39, 0.29) is 24.3 Å². The molecule has 146 valence electrons. The quantitative estimate of drug-likeness (QED) is 0.512. The van der Waals surface area contributed by atoms with Crippen LogP contribution in [0.4, 0.5) is 10.7 Å². The molecule has 0 saturated heterocycles. The molecule has 0 atom stereocenters. The molecule has 3 N–H and O–H groups in total. The van der Waals surface area contributed by atoms with Crippen LogP contribution in [-0.4, -0.2) is 43.9 Å². The summed E-state index contributed by atoms with van der Waals surface area (Å²) in [5.74, 6) is 6.02. The molecular formula is C17H24N6O4. The second-order valence-electron chi connectivity index (χ2n) is 6.80. The Morgan fingerprint density at radius 3 is 2.63 bits per heavy atom. The Balaban J connectivity index is 2.18. The van der Waals surface area contributed by atoms with E-state index in [0.717, 1.165) is 4.57 Å². The first-order valence-corrected chi connectivity index (χ1v) is 8.44. The van der Waals surface area contributed by atoms with Gasteiger partial charge in [-0.25, -0.2) is 9.59 Å². The summed E-state index contributed by atoms with van der Waals surface area (Å²) in [6, 6.07) is 0. The van der Waals surface area contributed by atoms with Crippen LogP contribution in [0.15, 0.2) is 9.59 Å². The topological polar surface area (TPSA) is 123 Å². The van der Waals surface area contributed by atoms with Crippen molar-refractivity contribution in [3.05, 3.63) is 20.8 Å². The molecule has 0 aromatic carbocycles. The minimum Gasteiger partial charge on any atom is -0.444 e. The Kier molecular flexibility index (Phi) is 5.95. The number of imidazole rings is 1. The number of aromatic nitrogens is 4. The molecule has 10 nitrogen and oxygen atoms in total. The van der Waals surface area contributed by atoms with Crippen LogP contribution in [0.25, 0.3) is 11.2 Å². The normalized spacial score (nSPS) is 11.0. The van der Waals surface area contributed by atoms with Gasteiger partial charge in [-0.2, -0.15) is 4.98 Å². The lowest BCUT2D eigenvalue weighted by atomic mass is 10.2. The summed E-state index contributed by atoms with van der Waals surface area (Å²) in [5.41, 5.74) is -1.14. The van der Waals surface area contributed by atoms with Crippen LogP contribution in [0.3, 0.4) is 0 Å². The number of ether oxygens (including phenoxy) is 1. The Hall–Kier alpha value is -3.22. The first kappa shape index (κ1) is 20.1. The van der Waals surface area contributed by atoms with Gasteiger partial charge in [-0.15, -0.1) is 5.92 Å². The standard InChI is InChI=1S/C17H24N6O4/c1-6-7-10-23-11-12(21-15(25)22(5)13(11)24)20-14(23)18-8-9-19-16(26)27-17(2,3)4/h8-10H2,1-5H3,(H,18,20)(H,19,26)(H,21,25). The maximum Gasteiger partial charge on any atom is 0.407 e. The minimum absolute atomic E-state index is 0.184. The van der Waals surface area contributed by atoms with Gasteiger partial charge in [0.05, 0.1) is 6.54 Å². The van der Waals surface area contributed by atoms with Crippen molar-refractivity contribution in [3.63, 3.8) is 0 Å². The zero-order valence-electron chi connectivity index (χ0n) is 16.1. The van der Waals surface area contributed by atoms with Gasteiger partial charge in [0.15, 0.2) is 11.2 Å². The van der Waals surface area contributed by atoms with Gasteiger partial charge >= 0.3 is 11.8 Å². The highest BCUT2D eigenvalue weighted by Crippen LogP contribution is 2.13. The number of nitrogens with one attached hydrogen (secondary N) is 3. The number of hydrogen-bond acceptors (Lipinski definition) is 6. The number of alkyl carbamates (subject to hydrolysis) is 1. The Morgan fingerprint density at radius 2 is 2.00 bits per heavy atom. The van der Waals surface area contributed by atoms with E-state index in [1.165, 1.54) is 7.05 Å². The van der Waals surface area contributed by atoms with E-state index >= 15 is 0 Å². The van der Waals surface area contributed by atoms with Gasteiger partial charge < -0.3 is 15.4 Å². The van der Waals surface area contributed by atoms with Crippen molar-refractivity contribution in [1.82, 2.24) is 24.4 Å². The fourth-order valence-electron chi connectivity index (χ4n) is 2.29. The van der Waals surface area contributed by atoms with Gasteiger partial charge in [0, 0.05) is 20.1 Å². The van der Waals surface area contributed by atoms with E-state index in [4.69, 9.17) is 4.74 Å². The second kappa shape index (κ2) is 7.99. The van der Waals surface area contributed by atoms with Crippen LogP contribution in [-0.2, 0) is 18.3 Å². The molecule has 0 aliphatic carbocycles.